The van der Waals surface area contributed by atoms with Gasteiger partial charge in [-0.1, -0.05) is 41.6 Å². The quantitative estimate of drug-likeness (QED) is 0.650. The molecule has 29 heavy (non-hydrogen) atoms. The number of amides is 2. The molecule has 3 rings (SSSR count). The highest BCUT2D eigenvalue weighted by molar-refractivity contribution is 5.94. The molecule has 3 aromatic rings. The second kappa shape index (κ2) is 8.87. The zero-order chi connectivity index (χ0) is 20.8. The first kappa shape index (κ1) is 19.9. The topological polar surface area (TPSA) is 107 Å². The van der Waals surface area contributed by atoms with Crippen LogP contribution < -0.4 is 15.8 Å². The van der Waals surface area contributed by atoms with E-state index in [1.54, 1.807) is 48.5 Å². The van der Waals surface area contributed by atoms with Crippen LogP contribution in [0.3, 0.4) is 0 Å². The van der Waals surface area contributed by atoms with Gasteiger partial charge in [-0.3, -0.25) is 14.1 Å². The number of nitrogens with zero attached hydrogens (tertiary/aromatic N) is 3. The molecule has 0 radical (unpaired) electrons. The molecular weight excluding hydrogens is 376 g/mol. The number of methoxy groups -OCH3 is 1. The van der Waals surface area contributed by atoms with E-state index in [1.165, 1.54) is 19.1 Å². The molecule has 2 amide bonds. The Kier molecular flexibility index (Phi) is 6.08. The normalized spacial score (nSPS) is 10.4. The van der Waals surface area contributed by atoms with Crippen LogP contribution in [-0.2, 0) is 16.1 Å². The van der Waals surface area contributed by atoms with Gasteiger partial charge < -0.3 is 15.0 Å². The van der Waals surface area contributed by atoms with E-state index in [4.69, 9.17) is 9.26 Å². The van der Waals surface area contributed by atoms with Gasteiger partial charge in [0.15, 0.2) is 5.82 Å². The van der Waals surface area contributed by atoms with Crippen LogP contribution in [-0.4, -0.2) is 47.1 Å². The highest BCUT2D eigenvalue weighted by Crippen LogP contribution is 2.17. The Balaban J connectivity index is 1.65. The SMILES string of the molecule is COc1cccc(NC(=O)CN(C)C(=O)Cn2c(-c3ccccc3)noc2=O)c1. The Hall–Kier alpha value is -3.88. The highest BCUT2D eigenvalue weighted by atomic mass is 16.5. The maximum atomic E-state index is 12.5. The van der Waals surface area contributed by atoms with Crippen molar-refractivity contribution >= 4 is 17.5 Å². The summed E-state index contributed by atoms with van der Waals surface area (Å²) in [6, 6.07) is 15.8. The van der Waals surface area contributed by atoms with Gasteiger partial charge in [0.25, 0.3) is 0 Å². The maximum absolute atomic E-state index is 12.5. The summed E-state index contributed by atoms with van der Waals surface area (Å²) in [6.45, 7) is -0.480. The summed E-state index contributed by atoms with van der Waals surface area (Å²) in [7, 11) is 3.01. The fourth-order valence-electron chi connectivity index (χ4n) is 2.66. The number of hydrogen-bond acceptors (Lipinski definition) is 6. The summed E-state index contributed by atoms with van der Waals surface area (Å²) < 4.78 is 11.0. The van der Waals surface area contributed by atoms with Gasteiger partial charge in [-0.25, -0.2) is 9.36 Å². The summed E-state index contributed by atoms with van der Waals surface area (Å²) >= 11 is 0. The van der Waals surface area contributed by atoms with E-state index < -0.39 is 11.7 Å². The van der Waals surface area contributed by atoms with Gasteiger partial charge in [0, 0.05) is 24.4 Å². The van der Waals surface area contributed by atoms with E-state index in [1.807, 2.05) is 6.07 Å². The van der Waals surface area contributed by atoms with Crippen LogP contribution in [0.5, 0.6) is 5.75 Å². The van der Waals surface area contributed by atoms with Crippen LogP contribution in [0.15, 0.2) is 63.9 Å². The molecule has 0 unspecified atom stereocenters. The monoisotopic (exact) mass is 396 g/mol. The molecule has 1 aromatic heterocycles. The molecule has 1 heterocycles. The first-order valence-electron chi connectivity index (χ1n) is 8.77. The van der Waals surface area contributed by atoms with Gasteiger partial charge in [-0.05, 0) is 12.1 Å². The van der Waals surface area contributed by atoms with Crippen LogP contribution in [0.4, 0.5) is 5.69 Å². The predicted molar refractivity (Wildman–Crippen MR) is 105 cm³/mol. The first-order chi connectivity index (χ1) is 14.0. The van der Waals surface area contributed by atoms with Gasteiger partial charge in [0.2, 0.25) is 11.8 Å². The fraction of sp³-hybridized carbons (Fsp3) is 0.200. The molecule has 0 spiro atoms. The van der Waals surface area contributed by atoms with E-state index in [0.29, 0.717) is 17.0 Å². The lowest BCUT2D eigenvalue weighted by Crippen LogP contribution is -2.38. The number of hydrogen-bond donors (Lipinski definition) is 1. The van der Waals surface area contributed by atoms with E-state index in [-0.39, 0.29) is 24.8 Å². The van der Waals surface area contributed by atoms with Crippen LogP contribution >= 0.6 is 0 Å². The molecule has 0 aliphatic heterocycles. The Morgan fingerprint density at radius 2 is 1.93 bits per heavy atom. The minimum absolute atomic E-state index is 0.184. The number of ether oxygens (including phenoxy) is 1. The van der Waals surface area contributed by atoms with E-state index in [2.05, 4.69) is 10.5 Å². The molecule has 0 fully saturated rings. The third-order valence-electron chi connectivity index (χ3n) is 4.17. The van der Waals surface area contributed by atoms with Crippen LogP contribution in [0, 0.1) is 0 Å². The molecule has 9 nitrogen and oxygen atoms in total. The van der Waals surface area contributed by atoms with Crippen molar-refractivity contribution in [2.24, 2.45) is 0 Å². The molecule has 0 bridgehead atoms. The Morgan fingerprint density at radius 1 is 1.17 bits per heavy atom. The Bertz CT molecular complexity index is 1060. The molecule has 0 aliphatic rings. The van der Waals surface area contributed by atoms with Crippen molar-refractivity contribution in [3.05, 3.63) is 65.1 Å². The average molecular weight is 396 g/mol. The number of carbonyl (C=O) groups excluding carboxylic acids is 2. The number of anilines is 1. The molecule has 0 saturated carbocycles. The van der Waals surface area contributed by atoms with E-state index in [0.717, 1.165) is 4.57 Å². The number of carbonyl (C=O) groups is 2. The fourth-order valence-corrected chi connectivity index (χ4v) is 2.66. The van der Waals surface area contributed by atoms with Crippen molar-refractivity contribution in [3.63, 3.8) is 0 Å². The lowest BCUT2D eigenvalue weighted by molar-refractivity contribution is -0.133. The van der Waals surface area contributed by atoms with Crippen molar-refractivity contribution in [3.8, 4) is 17.1 Å². The van der Waals surface area contributed by atoms with Crippen molar-refractivity contribution < 1.29 is 18.8 Å². The third kappa shape index (κ3) is 4.89. The van der Waals surface area contributed by atoms with Gasteiger partial charge in [0.05, 0.1) is 13.7 Å². The van der Waals surface area contributed by atoms with Gasteiger partial charge in [-0.15, -0.1) is 0 Å². The van der Waals surface area contributed by atoms with Crippen molar-refractivity contribution in [1.82, 2.24) is 14.6 Å². The van der Waals surface area contributed by atoms with Crippen LogP contribution in [0.2, 0.25) is 0 Å². The maximum Gasteiger partial charge on any atom is 0.442 e. The third-order valence-corrected chi connectivity index (χ3v) is 4.17. The Labute approximate surface area is 166 Å². The summed E-state index contributed by atoms with van der Waals surface area (Å²) in [5, 5.41) is 6.44. The standard InChI is InChI=1S/C20H20N4O5/c1-23(12-17(25)21-15-9-6-10-16(11-15)28-2)18(26)13-24-19(22-29-20(24)27)14-7-4-3-5-8-14/h3-11H,12-13H2,1-2H3,(H,21,25). The highest BCUT2D eigenvalue weighted by Gasteiger charge is 2.19. The predicted octanol–water partition coefficient (Wildman–Crippen LogP) is 1.61. The van der Waals surface area contributed by atoms with Gasteiger partial charge in [0.1, 0.15) is 12.3 Å². The molecule has 0 saturated heterocycles. The molecule has 2 aromatic carbocycles. The zero-order valence-electron chi connectivity index (χ0n) is 16.0. The molecule has 150 valence electrons. The summed E-state index contributed by atoms with van der Waals surface area (Å²) in [4.78, 5) is 38.0. The van der Waals surface area contributed by atoms with E-state index in [9.17, 15) is 14.4 Å². The molecule has 1 N–H and O–H groups in total. The molecule has 0 aliphatic carbocycles. The first-order valence-corrected chi connectivity index (χ1v) is 8.77. The molecule has 9 heteroatoms. The summed E-state index contributed by atoms with van der Waals surface area (Å²) in [6.07, 6.45) is 0. The van der Waals surface area contributed by atoms with E-state index >= 15 is 0 Å². The minimum Gasteiger partial charge on any atom is -0.497 e. The number of benzene rings is 2. The second-order valence-corrected chi connectivity index (χ2v) is 6.25. The van der Waals surface area contributed by atoms with Crippen molar-refractivity contribution in [2.75, 3.05) is 26.0 Å². The smallest absolute Gasteiger partial charge is 0.442 e. The Morgan fingerprint density at radius 3 is 2.66 bits per heavy atom. The zero-order valence-corrected chi connectivity index (χ0v) is 16.0. The van der Waals surface area contributed by atoms with Gasteiger partial charge >= 0.3 is 5.76 Å². The van der Waals surface area contributed by atoms with Crippen molar-refractivity contribution in [2.45, 2.75) is 6.54 Å². The van der Waals surface area contributed by atoms with Crippen LogP contribution in [0.1, 0.15) is 0 Å². The molecule has 0 atom stereocenters. The largest absolute Gasteiger partial charge is 0.497 e. The summed E-state index contributed by atoms with van der Waals surface area (Å²) in [5.41, 5.74) is 1.20. The number of aromatic nitrogens is 2. The lowest BCUT2D eigenvalue weighted by atomic mass is 10.2. The van der Waals surface area contributed by atoms with Crippen molar-refractivity contribution in [1.29, 1.82) is 0 Å². The second-order valence-electron chi connectivity index (χ2n) is 6.25. The number of rotatable bonds is 7. The average Bonchev–Trinajstić information content (AvgIpc) is 3.08. The van der Waals surface area contributed by atoms with Gasteiger partial charge in [-0.2, -0.15) is 0 Å². The number of likely N-dealkylation sites (N-methyl/N-ethyl adjacent to an activating group) is 1. The lowest BCUT2D eigenvalue weighted by Gasteiger charge is -2.17. The van der Waals surface area contributed by atoms with Crippen LogP contribution in [0.25, 0.3) is 11.4 Å². The number of nitrogens with one attached hydrogen (secondary N) is 1. The molecular formula is C20H20N4O5. The summed E-state index contributed by atoms with van der Waals surface area (Å²) in [5.74, 6) is -0.708. The minimum atomic E-state index is -0.744.